The van der Waals surface area contributed by atoms with Gasteiger partial charge in [0.15, 0.2) is 0 Å². The van der Waals surface area contributed by atoms with Crippen molar-refractivity contribution in [1.29, 1.82) is 0 Å². The molecule has 6 nitrogen and oxygen atoms in total. The van der Waals surface area contributed by atoms with Crippen LogP contribution in [-0.4, -0.2) is 24.5 Å². The molecule has 0 spiro atoms. The second-order valence-corrected chi connectivity index (χ2v) is 6.50. The van der Waals surface area contributed by atoms with Gasteiger partial charge in [-0.2, -0.15) is 10.2 Å². The summed E-state index contributed by atoms with van der Waals surface area (Å²) in [4.78, 5) is 4.57. The van der Waals surface area contributed by atoms with Crippen LogP contribution in [0.15, 0.2) is 23.1 Å². The van der Waals surface area contributed by atoms with Gasteiger partial charge in [0.05, 0.1) is 17.6 Å². The predicted octanol–water partition coefficient (Wildman–Crippen LogP) is 3.43. The van der Waals surface area contributed by atoms with Crippen molar-refractivity contribution in [2.75, 3.05) is 5.32 Å². The molecule has 0 amide bonds. The lowest BCUT2D eigenvalue weighted by molar-refractivity contribution is 0.547. The Labute approximate surface area is 137 Å². The van der Waals surface area contributed by atoms with Crippen molar-refractivity contribution in [3.63, 3.8) is 0 Å². The second-order valence-electron chi connectivity index (χ2n) is 5.69. The summed E-state index contributed by atoms with van der Waals surface area (Å²) in [5, 5.41) is 12.3. The van der Waals surface area contributed by atoms with E-state index in [2.05, 4.69) is 50.3 Å². The predicted molar refractivity (Wildman–Crippen MR) is 90.9 cm³/mol. The molecular formula is C15H19BrN6. The van der Waals surface area contributed by atoms with E-state index in [0.717, 1.165) is 32.6 Å². The maximum Gasteiger partial charge on any atom is 0.115 e. The summed E-state index contributed by atoms with van der Waals surface area (Å²) >= 11 is 3.49. The summed E-state index contributed by atoms with van der Waals surface area (Å²) < 4.78 is 4.63. The fourth-order valence-electron chi connectivity index (χ4n) is 2.52. The summed E-state index contributed by atoms with van der Waals surface area (Å²) in [5.41, 5.74) is 5.07. The zero-order chi connectivity index (χ0) is 15.9. The normalized spacial score (nSPS) is 11.5. The molecule has 116 valence electrons. The minimum absolute atomic E-state index is 0.276. The molecule has 0 aromatic carbocycles. The van der Waals surface area contributed by atoms with Crippen molar-refractivity contribution < 1.29 is 0 Å². The molecule has 3 aromatic rings. The number of halogens is 1. The Hall–Kier alpha value is -1.89. The number of aromatic nitrogens is 5. The Morgan fingerprint density at radius 1 is 1.36 bits per heavy atom. The summed E-state index contributed by atoms with van der Waals surface area (Å²) in [6, 6.07) is 2.27. The third-order valence-corrected chi connectivity index (χ3v) is 3.93. The van der Waals surface area contributed by atoms with Gasteiger partial charge in [-0.3, -0.25) is 9.36 Å². The van der Waals surface area contributed by atoms with Crippen molar-refractivity contribution in [2.24, 2.45) is 7.05 Å². The topological polar surface area (TPSA) is 60.6 Å². The molecule has 0 saturated heterocycles. The molecule has 0 fully saturated rings. The largest absolute Gasteiger partial charge is 0.379 e. The highest BCUT2D eigenvalue weighted by atomic mass is 79.9. The van der Waals surface area contributed by atoms with Crippen LogP contribution in [0.25, 0.3) is 11.0 Å². The SMILES string of the molecule is Cc1nn(C(C)C)c2c(NCc3cnn(C)c3)cc(Br)nc12. The van der Waals surface area contributed by atoms with Gasteiger partial charge < -0.3 is 5.32 Å². The molecule has 3 rings (SSSR count). The van der Waals surface area contributed by atoms with Crippen molar-refractivity contribution in [2.45, 2.75) is 33.4 Å². The van der Waals surface area contributed by atoms with Crippen LogP contribution in [0.4, 0.5) is 5.69 Å². The molecule has 0 atom stereocenters. The minimum Gasteiger partial charge on any atom is -0.379 e. The van der Waals surface area contributed by atoms with Crippen molar-refractivity contribution in [3.8, 4) is 0 Å². The molecule has 3 aromatic heterocycles. The molecule has 0 aliphatic heterocycles. The first-order valence-corrected chi connectivity index (χ1v) is 8.01. The van der Waals surface area contributed by atoms with Gasteiger partial charge in [-0.25, -0.2) is 4.98 Å². The van der Waals surface area contributed by atoms with Crippen LogP contribution in [0.2, 0.25) is 0 Å². The number of anilines is 1. The zero-order valence-corrected chi connectivity index (χ0v) is 14.7. The number of rotatable bonds is 4. The van der Waals surface area contributed by atoms with E-state index in [9.17, 15) is 0 Å². The minimum atomic E-state index is 0.276. The average Bonchev–Trinajstić information content (AvgIpc) is 3.01. The van der Waals surface area contributed by atoms with Crippen LogP contribution in [0.3, 0.4) is 0 Å². The molecule has 22 heavy (non-hydrogen) atoms. The fourth-order valence-corrected chi connectivity index (χ4v) is 2.93. The Bertz CT molecular complexity index is 817. The van der Waals surface area contributed by atoms with Gasteiger partial charge in [0, 0.05) is 31.4 Å². The van der Waals surface area contributed by atoms with Crippen LogP contribution >= 0.6 is 15.9 Å². The molecular weight excluding hydrogens is 344 g/mol. The van der Waals surface area contributed by atoms with Crippen LogP contribution in [0.1, 0.15) is 31.1 Å². The van der Waals surface area contributed by atoms with E-state index in [1.54, 1.807) is 4.68 Å². The summed E-state index contributed by atoms with van der Waals surface area (Å²) in [6.45, 7) is 6.95. The molecule has 0 aliphatic rings. The van der Waals surface area contributed by atoms with Gasteiger partial charge in [-0.15, -0.1) is 0 Å². The van der Waals surface area contributed by atoms with E-state index in [-0.39, 0.29) is 6.04 Å². The standard InChI is InChI=1S/C15H19BrN6/c1-9(2)22-15-12(17-6-11-7-18-21(4)8-11)5-13(16)19-14(15)10(3)20-22/h5,7-9H,6H2,1-4H3,(H,17,19). The molecule has 0 radical (unpaired) electrons. The number of fused-ring (bicyclic) bond motifs is 1. The van der Waals surface area contributed by atoms with Crippen molar-refractivity contribution >= 4 is 32.7 Å². The number of hydrogen-bond acceptors (Lipinski definition) is 4. The van der Waals surface area contributed by atoms with Crippen LogP contribution in [-0.2, 0) is 13.6 Å². The Kier molecular flexibility index (Phi) is 3.90. The van der Waals surface area contributed by atoms with Gasteiger partial charge in [-0.05, 0) is 42.8 Å². The maximum absolute atomic E-state index is 4.63. The lowest BCUT2D eigenvalue weighted by atomic mass is 10.2. The average molecular weight is 363 g/mol. The monoisotopic (exact) mass is 362 g/mol. The lowest BCUT2D eigenvalue weighted by Crippen LogP contribution is -2.06. The Morgan fingerprint density at radius 3 is 2.77 bits per heavy atom. The highest BCUT2D eigenvalue weighted by molar-refractivity contribution is 9.10. The Balaban J connectivity index is 2.03. The summed E-state index contributed by atoms with van der Waals surface area (Å²) in [5.74, 6) is 0. The molecule has 1 N–H and O–H groups in total. The number of hydrogen-bond donors (Lipinski definition) is 1. The molecule has 0 saturated carbocycles. The first-order chi connectivity index (χ1) is 10.5. The number of nitrogens with one attached hydrogen (secondary N) is 1. The summed E-state index contributed by atoms with van der Waals surface area (Å²) in [7, 11) is 1.92. The smallest absolute Gasteiger partial charge is 0.115 e. The van der Waals surface area contributed by atoms with E-state index in [4.69, 9.17) is 0 Å². The van der Waals surface area contributed by atoms with Crippen LogP contribution in [0.5, 0.6) is 0 Å². The molecule has 0 unspecified atom stereocenters. The van der Waals surface area contributed by atoms with E-state index >= 15 is 0 Å². The van der Waals surface area contributed by atoms with Gasteiger partial charge in [0.1, 0.15) is 15.6 Å². The first-order valence-electron chi connectivity index (χ1n) is 7.22. The van der Waals surface area contributed by atoms with E-state index in [1.807, 2.05) is 37.1 Å². The quantitative estimate of drug-likeness (QED) is 0.722. The van der Waals surface area contributed by atoms with Gasteiger partial charge in [0.25, 0.3) is 0 Å². The molecule has 7 heteroatoms. The lowest BCUT2D eigenvalue weighted by Gasteiger charge is -2.12. The molecule has 0 bridgehead atoms. The third kappa shape index (κ3) is 2.72. The maximum atomic E-state index is 4.63. The van der Waals surface area contributed by atoms with Gasteiger partial charge in [-0.1, -0.05) is 0 Å². The van der Waals surface area contributed by atoms with Crippen LogP contribution in [0, 0.1) is 6.92 Å². The van der Waals surface area contributed by atoms with E-state index < -0.39 is 0 Å². The highest BCUT2D eigenvalue weighted by Crippen LogP contribution is 2.30. The van der Waals surface area contributed by atoms with Gasteiger partial charge >= 0.3 is 0 Å². The number of pyridine rings is 1. The number of aryl methyl sites for hydroxylation is 2. The first kappa shape index (κ1) is 15.0. The van der Waals surface area contributed by atoms with Crippen LogP contribution < -0.4 is 5.32 Å². The highest BCUT2D eigenvalue weighted by Gasteiger charge is 2.16. The zero-order valence-electron chi connectivity index (χ0n) is 13.1. The fraction of sp³-hybridized carbons (Fsp3) is 0.400. The van der Waals surface area contributed by atoms with Gasteiger partial charge in [0.2, 0.25) is 0 Å². The molecule has 3 heterocycles. The second kappa shape index (κ2) is 5.72. The van der Waals surface area contributed by atoms with Crippen molar-refractivity contribution in [3.05, 3.63) is 34.3 Å². The van der Waals surface area contributed by atoms with E-state index in [1.165, 1.54) is 0 Å². The number of nitrogens with zero attached hydrogens (tertiary/aromatic N) is 5. The molecule has 0 aliphatic carbocycles. The van der Waals surface area contributed by atoms with Crippen molar-refractivity contribution in [1.82, 2.24) is 24.5 Å². The third-order valence-electron chi connectivity index (χ3n) is 3.52. The Morgan fingerprint density at radius 2 is 2.14 bits per heavy atom. The summed E-state index contributed by atoms with van der Waals surface area (Å²) in [6.07, 6.45) is 3.87. The van der Waals surface area contributed by atoms with E-state index in [0.29, 0.717) is 6.54 Å².